The molecule has 2 heterocycles. The van der Waals surface area contributed by atoms with Crippen molar-refractivity contribution in [2.75, 3.05) is 44.2 Å². The number of halogens is 1. The van der Waals surface area contributed by atoms with Crippen molar-refractivity contribution >= 4 is 21.7 Å². The Morgan fingerprint density at radius 3 is 2.53 bits per heavy atom. The number of anilines is 1. The third-order valence-corrected chi connectivity index (χ3v) is 3.60. The van der Waals surface area contributed by atoms with Gasteiger partial charge >= 0.3 is 0 Å². The van der Waals surface area contributed by atoms with Crippen LogP contribution in [0.4, 0.5) is 5.82 Å². The predicted molar refractivity (Wildman–Crippen MR) is 79.5 cm³/mol. The first-order chi connectivity index (χ1) is 9.15. The van der Waals surface area contributed by atoms with Crippen molar-refractivity contribution in [1.29, 1.82) is 0 Å². The van der Waals surface area contributed by atoms with E-state index < -0.39 is 0 Å². The molecule has 106 valence electrons. The average molecular weight is 329 g/mol. The second kappa shape index (κ2) is 7.17. The van der Waals surface area contributed by atoms with Gasteiger partial charge in [-0.25, -0.2) is 0 Å². The minimum atomic E-state index is 0.319. The lowest BCUT2D eigenvalue weighted by atomic mass is 10.3. The molecule has 0 radical (unpaired) electrons. The number of nitrogens with zero attached hydrogens (tertiary/aromatic N) is 4. The predicted octanol–water partition coefficient (Wildman–Crippen LogP) is 1.79. The highest BCUT2D eigenvalue weighted by molar-refractivity contribution is 9.10. The molecule has 0 spiro atoms. The standard InChI is InChI=1S/C13H21BrN4O/c1-11(2)19-10-9-17-5-7-18(8-6-17)13-4-3-12(14)15-16-13/h3-4,11H,5-10H2,1-2H3. The fourth-order valence-corrected chi connectivity index (χ4v) is 2.31. The van der Waals surface area contributed by atoms with E-state index in [9.17, 15) is 0 Å². The zero-order valence-electron chi connectivity index (χ0n) is 11.5. The van der Waals surface area contributed by atoms with Crippen LogP contribution in [0.5, 0.6) is 0 Å². The fourth-order valence-electron chi connectivity index (χ4n) is 2.10. The minimum Gasteiger partial charge on any atom is -0.377 e. The van der Waals surface area contributed by atoms with Crippen molar-refractivity contribution in [2.24, 2.45) is 0 Å². The van der Waals surface area contributed by atoms with Crippen LogP contribution in [0.1, 0.15) is 13.8 Å². The Bertz CT molecular complexity index is 377. The lowest BCUT2D eigenvalue weighted by Gasteiger charge is -2.35. The van der Waals surface area contributed by atoms with Gasteiger partial charge in [-0.05, 0) is 41.9 Å². The van der Waals surface area contributed by atoms with Crippen LogP contribution in [0.3, 0.4) is 0 Å². The Morgan fingerprint density at radius 2 is 1.95 bits per heavy atom. The molecule has 1 aliphatic heterocycles. The van der Waals surface area contributed by atoms with Crippen LogP contribution in [0.2, 0.25) is 0 Å². The van der Waals surface area contributed by atoms with Crippen LogP contribution < -0.4 is 4.90 Å². The maximum absolute atomic E-state index is 5.59. The van der Waals surface area contributed by atoms with Gasteiger partial charge in [0.2, 0.25) is 0 Å². The molecule has 1 fully saturated rings. The highest BCUT2D eigenvalue weighted by Crippen LogP contribution is 2.14. The van der Waals surface area contributed by atoms with E-state index in [1.807, 2.05) is 12.1 Å². The van der Waals surface area contributed by atoms with Gasteiger partial charge in [0.05, 0.1) is 12.7 Å². The van der Waals surface area contributed by atoms with E-state index in [2.05, 4.69) is 49.8 Å². The Hall–Kier alpha value is -0.720. The van der Waals surface area contributed by atoms with Gasteiger partial charge < -0.3 is 9.64 Å². The van der Waals surface area contributed by atoms with E-state index in [1.165, 1.54) is 0 Å². The lowest BCUT2D eigenvalue weighted by Crippen LogP contribution is -2.47. The first kappa shape index (κ1) is 14.7. The summed E-state index contributed by atoms with van der Waals surface area (Å²) in [6, 6.07) is 3.94. The zero-order valence-corrected chi connectivity index (χ0v) is 13.1. The van der Waals surface area contributed by atoms with Crippen molar-refractivity contribution in [1.82, 2.24) is 15.1 Å². The van der Waals surface area contributed by atoms with E-state index in [0.717, 1.165) is 49.8 Å². The maximum atomic E-state index is 5.59. The summed E-state index contributed by atoms with van der Waals surface area (Å²) in [6.07, 6.45) is 0.319. The molecule has 1 saturated heterocycles. The van der Waals surface area contributed by atoms with E-state index >= 15 is 0 Å². The van der Waals surface area contributed by atoms with Crippen molar-refractivity contribution < 1.29 is 4.74 Å². The number of ether oxygens (including phenoxy) is 1. The van der Waals surface area contributed by atoms with Gasteiger partial charge in [-0.3, -0.25) is 4.90 Å². The molecule has 0 aromatic carbocycles. The third kappa shape index (κ3) is 4.71. The molecule has 1 aliphatic rings. The maximum Gasteiger partial charge on any atom is 0.151 e. The van der Waals surface area contributed by atoms with Gasteiger partial charge in [0.1, 0.15) is 4.60 Å². The monoisotopic (exact) mass is 328 g/mol. The molecule has 0 atom stereocenters. The number of piperazine rings is 1. The topological polar surface area (TPSA) is 41.5 Å². The third-order valence-electron chi connectivity index (χ3n) is 3.17. The highest BCUT2D eigenvalue weighted by Gasteiger charge is 2.17. The van der Waals surface area contributed by atoms with Crippen molar-refractivity contribution in [3.63, 3.8) is 0 Å². The summed E-state index contributed by atoms with van der Waals surface area (Å²) in [5, 5.41) is 8.23. The smallest absolute Gasteiger partial charge is 0.151 e. The SMILES string of the molecule is CC(C)OCCN1CCN(c2ccc(Br)nn2)CC1. The number of rotatable bonds is 5. The van der Waals surface area contributed by atoms with Gasteiger partial charge in [0.15, 0.2) is 5.82 Å². The van der Waals surface area contributed by atoms with Crippen LogP contribution >= 0.6 is 15.9 Å². The molecule has 0 aliphatic carbocycles. The van der Waals surface area contributed by atoms with Gasteiger partial charge in [0.25, 0.3) is 0 Å². The molecule has 0 amide bonds. The molecule has 1 aromatic rings. The van der Waals surface area contributed by atoms with Crippen LogP contribution in [0, 0.1) is 0 Å². The molecule has 1 aromatic heterocycles. The minimum absolute atomic E-state index is 0.319. The van der Waals surface area contributed by atoms with Gasteiger partial charge in [-0.1, -0.05) is 0 Å². The summed E-state index contributed by atoms with van der Waals surface area (Å²) in [6.45, 7) is 10.1. The number of aromatic nitrogens is 2. The molecule has 5 nitrogen and oxygen atoms in total. The van der Waals surface area contributed by atoms with E-state index in [-0.39, 0.29) is 0 Å². The largest absolute Gasteiger partial charge is 0.377 e. The van der Waals surface area contributed by atoms with Crippen molar-refractivity contribution in [2.45, 2.75) is 20.0 Å². The molecular formula is C13H21BrN4O. The Kier molecular flexibility index (Phi) is 5.54. The summed E-state index contributed by atoms with van der Waals surface area (Å²) < 4.78 is 6.36. The molecule has 6 heteroatoms. The Balaban J connectivity index is 1.74. The van der Waals surface area contributed by atoms with Crippen molar-refractivity contribution in [3.05, 3.63) is 16.7 Å². The summed E-state index contributed by atoms with van der Waals surface area (Å²) in [4.78, 5) is 4.71. The zero-order chi connectivity index (χ0) is 13.7. The fraction of sp³-hybridized carbons (Fsp3) is 0.692. The second-order valence-corrected chi connectivity index (χ2v) is 5.77. The highest BCUT2D eigenvalue weighted by atomic mass is 79.9. The summed E-state index contributed by atoms with van der Waals surface area (Å²) in [5.74, 6) is 0.960. The van der Waals surface area contributed by atoms with Crippen molar-refractivity contribution in [3.8, 4) is 0 Å². The Labute approximate surface area is 123 Å². The number of hydrogen-bond donors (Lipinski definition) is 0. The molecule has 0 saturated carbocycles. The van der Waals surface area contributed by atoms with E-state index in [1.54, 1.807) is 0 Å². The average Bonchev–Trinajstić information content (AvgIpc) is 2.40. The molecular weight excluding hydrogens is 308 g/mol. The lowest BCUT2D eigenvalue weighted by molar-refractivity contribution is 0.0578. The normalized spacial score (nSPS) is 17.2. The quantitative estimate of drug-likeness (QED) is 0.824. The first-order valence-corrected chi connectivity index (χ1v) is 7.52. The molecule has 0 bridgehead atoms. The molecule has 2 rings (SSSR count). The molecule has 0 N–H and O–H groups in total. The van der Waals surface area contributed by atoms with Gasteiger partial charge in [0, 0.05) is 32.7 Å². The Morgan fingerprint density at radius 1 is 1.21 bits per heavy atom. The second-order valence-electron chi connectivity index (χ2n) is 4.96. The van der Waals surface area contributed by atoms with Crippen LogP contribution in [0.15, 0.2) is 16.7 Å². The van der Waals surface area contributed by atoms with E-state index in [0.29, 0.717) is 6.10 Å². The summed E-state index contributed by atoms with van der Waals surface area (Å²) in [5.41, 5.74) is 0. The van der Waals surface area contributed by atoms with Gasteiger partial charge in [-0.2, -0.15) is 0 Å². The van der Waals surface area contributed by atoms with E-state index in [4.69, 9.17) is 4.74 Å². The number of hydrogen-bond acceptors (Lipinski definition) is 5. The van der Waals surface area contributed by atoms with Gasteiger partial charge in [-0.15, -0.1) is 10.2 Å². The first-order valence-electron chi connectivity index (χ1n) is 6.73. The van der Waals surface area contributed by atoms with Crippen LogP contribution in [0.25, 0.3) is 0 Å². The molecule has 0 unspecified atom stereocenters. The summed E-state index contributed by atoms with van der Waals surface area (Å²) in [7, 11) is 0. The molecule has 19 heavy (non-hydrogen) atoms. The van der Waals surface area contributed by atoms with Crippen LogP contribution in [-0.4, -0.2) is 60.5 Å². The summed E-state index contributed by atoms with van der Waals surface area (Å²) >= 11 is 3.30. The van der Waals surface area contributed by atoms with Crippen LogP contribution in [-0.2, 0) is 4.74 Å².